The first-order valence-electron chi connectivity index (χ1n) is 6.35. The Bertz CT molecular complexity index is 548. The van der Waals surface area contributed by atoms with E-state index in [2.05, 4.69) is 17.0 Å². The number of aromatic nitrogens is 3. The summed E-state index contributed by atoms with van der Waals surface area (Å²) >= 11 is 1.52. The maximum atomic E-state index is 11.4. The lowest BCUT2D eigenvalue weighted by molar-refractivity contribution is -0.142. The Labute approximate surface area is 116 Å². The lowest BCUT2D eigenvalue weighted by Gasteiger charge is -1.97. The molecule has 0 fully saturated rings. The molecule has 2 heterocycles. The third-order valence-electron chi connectivity index (χ3n) is 2.52. The highest BCUT2D eigenvalue weighted by atomic mass is 32.1. The van der Waals surface area contributed by atoms with Crippen molar-refractivity contribution >= 4 is 17.3 Å². The van der Waals surface area contributed by atoms with Crippen LogP contribution in [0, 0.1) is 0 Å². The lowest BCUT2D eigenvalue weighted by atomic mass is 10.3. The van der Waals surface area contributed by atoms with Gasteiger partial charge in [-0.15, -0.1) is 11.3 Å². The number of aryl methyl sites for hydroxylation is 1. The molecule has 0 radical (unpaired) electrons. The van der Waals surface area contributed by atoms with E-state index in [-0.39, 0.29) is 12.4 Å². The maximum absolute atomic E-state index is 11.4. The van der Waals surface area contributed by atoms with Gasteiger partial charge in [-0.1, -0.05) is 6.92 Å². The number of hydrogen-bond donors (Lipinski definition) is 0. The fraction of sp³-hybridized carbons (Fsp3) is 0.462. The van der Waals surface area contributed by atoms with Gasteiger partial charge < -0.3 is 4.74 Å². The van der Waals surface area contributed by atoms with Gasteiger partial charge in [0.1, 0.15) is 5.01 Å². The number of hydrogen-bond acceptors (Lipinski definition) is 5. The normalized spacial score (nSPS) is 10.6. The Hall–Kier alpha value is -1.69. The van der Waals surface area contributed by atoms with Crippen LogP contribution in [0.1, 0.15) is 26.0 Å². The van der Waals surface area contributed by atoms with Crippen LogP contribution in [0.3, 0.4) is 0 Å². The molecule has 2 aromatic heterocycles. The molecule has 2 rings (SSSR count). The molecule has 0 amide bonds. The molecular formula is C13H17N3O2S. The quantitative estimate of drug-likeness (QED) is 0.762. The zero-order valence-electron chi connectivity index (χ0n) is 11.1. The molecule has 6 heteroatoms. The second kappa shape index (κ2) is 6.47. The summed E-state index contributed by atoms with van der Waals surface area (Å²) in [4.78, 5) is 15.8. The van der Waals surface area contributed by atoms with Crippen molar-refractivity contribution in [2.24, 2.45) is 0 Å². The van der Waals surface area contributed by atoms with Gasteiger partial charge in [0.2, 0.25) is 0 Å². The van der Waals surface area contributed by atoms with Crippen molar-refractivity contribution < 1.29 is 9.53 Å². The Kier molecular flexibility index (Phi) is 4.68. The van der Waals surface area contributed by atoms with Crippen LogP contribution in [0.5, 0.6) is 0 Å². The number of nitrogens with zero attached hydrogens (tertiary/aromatic N) is 3. The van der Waals surface area contributed by atoms with E-state index in [0.29, 0.717) is 6.61 Å². The van der Waals surface area contributed by atoms with Crippen LogP contribution >= 0.6 is 11.3 Å². The molecule has 0 N–H and O–H groups in total. The van der Waals surface area contributed by atoms with Gasteiger partial charge in [-0.05, 0) is 13.3 Å². The van der Waals surface area contributed by atoms with E-state index < -0.39 is 0 Å². The molecule has 102 valence electrons. The second-order valence-corrected chi connectivity index (χ2v) is 4.98. The van der Waals surface area contributed by atoms with Crippen LogP contribution in [0.4, 0.5) is 0 Å². The van der Waals surface area contributed by atoms with E-state index in [9.17, 15) is 4.79 Å². The molecule has 0 saturated carbocycles. The summed E-state index contributed by atoms with van der Waals surface area (Å²) in [6.45, 7) is 5.22. The summed E-state index contributed by atoms with van der Waals surface area (Å²) in [6, 6.07) is 0. The second-order valence-electron chi connectivity index (χ2n) is 4.12. The number of carbonyl (C=O) groups is 1. The largest absolute Gasteiger partial charge is 0.466 e. The summed E-state index contributed by atoms with van der Waals surface area (Å²) in [6.07, 6.45) is 5.07. The van der Waals surface area contributed by atoms with Gasteiger partial charge in [0.15, 0.2) is 0 Å². The lowest BCUT2D eigenvalue weighted by Crippen LogP contribution is -2.07. The van der Waals surface area contributed by atoms with E-state index in [1.165, 1.54) is 11.3 Å². The molecule has 0 unspecified atom stereocenters. The van der Waals surface area contributed by atoms with Crippen molar-refractivity contribution in [3.8, 4) is 10.6 Å². The number of ether oxygens (including phenoxy) is 1. The Balaban J connectivity index is 2.05. The molecule has 0 aromatic carbocycles. The molecule has 0 saturated heterocycles. The van der Waals surface area contributed by atoms with Gasteiger partial charge in [0.25, 0.3) is 0 Å². The number of carbonyl (C=O) groups excluding carboxylic acids is 1. The Morgan fingerprint density at radius 1 is 1.47 bits per heavy atom. The van der Waals surface area contributed by atoms with Crippen molar-refractivity contribution in [2.75, 3.05) is 6.61 Å². The van der Waals surface area contributed by atoms with E-state index in [1.807, 2.05) is 22.5 Å². The smallest absolute Gasteiger partial charge is 0.311 e. The highest BCUT2D eigenvalue weighted by Gasteiger charge is 2.10. The molecule has 0 aliphatic heterocycles. The van der Waals surface area contributed by atoms with Gasteiger partial charge in [0, 0.05) is 23.7 Å². The topological polar surface area (TPSA) is 57.0 Å². The summed E-state index contributed by atoms with van der Waals surface area (Å²) in [7, 11) is 0. The molecule has 0 aliphatic rings. The predicted octanol–water partition coefficient (Wildman–Crippen LogP) is 2.52. The maximum Gasteiger partial charge on any atom is 0.311 e. The van der Waals surface area contributed by atoms with Gasteiger partial charge in [-0.25, -0.2) is 4.98 Å². The summed E-state index contributed by atoms with van der Waals surface area (Å²) in [5.74, 6) is -0.235. The highest BCUT2D eigenvalue weighted by Crippen LogP contribution is 2.23. The van der Waals surface area contributed by atoms with Crippen molar-refractivity contribution in [1.82, 2.24) is 14.8 Å². The van der Waals surface area contributed by atoms with Crippen molar-refractivity contribution in [2.45, 2.75) is 33.2 Å². The van der Waals surface area contributed by atoms with Crippen LogP contribution in [0.2, 0.25) is 0 Å². The van der Waals surface area contributed by atoms with E-state index in [1.54, 1.807) is 6.92 Å². The molecule has 5 nitrogen and oxygen atoms in total. The standard InChI is InChI=1S/C13H17N3O2S/c1-3-5-16-8-10(7-14-16)13-15-11(9-19-13)6-12(17)18-4-2/h7-9H,3-6H2,1-2H3. The van der Waals surface area contributed by atoms with E-state index >= 15 is 0 Å². The van der Waals surface area contributed by atoms with Crippen LogP contribution in [-0.2, 0) is 22.5 Å². The monoisotopic (exact) mass is 279 g/mol. The third kappa shape index (κ3) is 3.64. The van der Waals surface area contributed by atoms with Crippen molar-refractivity contribution in [3.63, 3.8) is 0 Å². The molecule has 2 aromatic rings. The minimum Gasteiger partial charge on any atom is -0.466 e. The minimum atomic E-state index is -0.235. The average Bonchev–Trinajstić information content (AvgIpc) is 2.99. The first-order chi connectivity index (χ1) is 9.22. The van der Waals surface area contributed by atoms with Gasteiger partial charge in [0.05, 0.1) is 24.9 Å². The fourth-order valence-corrected chi connectivity index (χ4v) is 2.50. The predicted molar refractivity (Wildman–Crippen MR) is 74.0 cm³/mol. The summed E-state index contributed by atoms with van der Waals surface area (Å²) in [5, 5.41) is 7.06. The van der Waals surface area contributed by atoms with Gasteiger partial charge >= 0.3 is 5.97 Å². The Morgan fingerprint density at radius 2 is 2.32 bits per heavy atom. The number of esters is 1. The minimum absolute atomic E-state index is 0.230. The molecule has 19 heavy (non-hydrogen) atoms. The molecular weight excluding hydrogens is 262 g/mol. The SMILES string of the molecule is CCCn1cc(-c2nc(CC(=O)OCC)cs2)cn1. The Morgan fingerprint density at radius 3 is 3.05 bits per heavy atom. The molecule has 0 bridgehead atoms. The van der Waals surface area contributed by atoms with Crippen molar-refractivity contribution in [1.29, 1.82) is 0 Å². The third-order valence-corrected chi connectivity index (χ3v) is 3.46. The van der Waals surface area contributed by atoms with Crippen molar-refractivity contribution in [3.05, 3.63) is 23.5 Å². The first kappa shape index (κ1) is 13.7. The van der Waals surface area contributed by atoms with Crippen LogP contribution in [0.15, 0.2) is 17.8 Å². The molecule has 0 spiro atoms. The first-order valence-corrected chi connectivity index (χ1v) is 7.23. The van der Waals surface area contributed by atoms with Gasteiger partial charge in [-0.2, -0.15) is 5.10 Å². The summed E-state index contributed by atoms with van der Waals surface area (Å²) < 4.78 is 6.81. The molecule has 0 atom stereocenters. The highest BCUT2D eigenvalue weighted by molar-refractivity contribution is 7.13. The van der Waals surface area contributed by atoms with Gasteiger partial charge in [-0.3, -0.25) is 9.48 Å². The fourth-order valence-electron chi connectivity index (χ4n) is 1.71. The summed E-state index contributed by atoms with van der Waals surface area (Å²) in [5.41, 5.74) is 1.75. The zero-order valence-corrected chi connectivity index (χ0v) is 11.9. The number of thiazole rings is 1. The van der Waals surface area contributed by atoms with E-state index in [4.69, 9.17) is 4.74 Å². The van der Waals surface area contributed by atoms with Crippen LogP contribution < -0.4 is 0 Å². The van der Waals surface area contributed by atoms with Crippen LogP contribution in [-0.4, -0.2) is 27.3 Å². The van der Waals surface area contributed by atoms with E-state index in [0.717, 1.165) is 29.2 Å². The average molecular weight is 279 g/mol. The number of rotatable bonds is 6. The zero-order chi connectivity index (χ0) is 13.7. The molecule has 0 aliphatic carbocycles. The van der Waals surface area contributed by atoms with Crippen LogP contribution in [0.25, 0.3) is 10.6 Å².